The second-order valence-electron chi connectivity index (χ2n) is 8.72. The average molecular weight is 496 g/mol. The second kappa shape index (κ2) is 9.91. The van der Waals surface area contributed by atoms with Crippen molar-refractivity contribution >= 4 is 44.9 Å². The quantitative estimate of drug-likeness (QED) is 0.323. The molecule has 1 unspecified atom stereocenters. The molecule has 0 spiro atoms. The summed E-state index contributed by atoms with van der Waals surface area (Å²) >= 11 is 0. The van der Waals surface area contributed by atoms with Crippen LogP contribution in [0, 0.1) is 0 Å². The monoisotopic (exact) mass is 495 g/mol. The zero-order chi connectivity index (χ0) is 25.2. The lowest BCUT2D eigenvalue weighted by atomic mass is 10.0. The molecule has 0 radical (unpaired) electrons. The number of benzene rings is 3. The van der Waals surface area contributed by atoms with Crippen LogP contribution in [0.4, 0.5) is 0 Å². The van der Waals surface area contributed by atoms with Crippen molar-refractivity contribution in [3.8, 4) is 5.75 Å². The van der Waals surface area contributed by atoms with Crippen molar-refractivity contribution < 1.29 is 18.8 Å². The molecular formula is C30H25NO4S. The molecule has 0 bridgehead atoms. The van der Waals surface area contributed by atoms with Crippen LogP contribution in [0.15, 0.2) is 89.3 Å². The first-order valence-corrected chi connectivity index (χ1v) is 13.1. The lowest BCUT2D eigenvalue weighted by Crippen LogP contribution is -2.00. The minimum Gasteiger partial charge on any atom is -0.487 e. The highest BCUT2D eigenvalue weighted by Gasteiger charge is 2.26. The molecule has 1 aliphatic carbocycles. The summed E-state index contributed by atoms with van der Waals surface area (Å²) in [4.78, 5) is 17.1. The standard InChI is InChI=1S/C30H25NO4S/c1-19-25(15-21-8-4-6-10-29(21)36(2)34)24-14-13-23(16-27(24)26(19)17-30(32)33)35-18-22-12-11-20-7-3-5-9-28(20)31-22/h3-16H,17-18H2,1-2H3,(H,32,33). The molecule has 3 aromatic carbocycles. The Balaban J connectivity index is 1.49. The van der Waals surface area contributed by atoms with Crippen LogP contribution in [0.2, 0.25) is 0 Å². The van der Waals surface area contributed by atoms with Gasteiger partial charge in [0.2, 0.25) is 0 Å². The SMILES string of the molecule is CC1=C(CC(=O)O)c2cc(OCc3ccc4ccccc4n3)ccc2C1=Cc1ccccc1S(C)=O. The maximum absolute atomic E-state index is 12.3. The summed E-state index contributed by atoms with van der Waals surface area (Å²) in [6.45, 7) is 2.24. The van der Waals surface area contributed by atoms with E-state index in [4.69, 9.17) is 4.74 Å². The molecule has 1 heterocycles. The van der Waals surface area contributed by atoms with Crippen molar-refractivity contribution in [3.63, 3.8) is 0 Å². The molecule has 1 N–H and O–H groups in total. The highest BCUT2D eigenvalue weighted by molar-refractivity contribution is 7.84. The van der Waals surface area contributed by atoms with Gasteiger partial charge in [-0.1, -0.05) is 48.5 Å². The van der Waals surface area contributed by atoms with E-state index in [2.05, 4.69) is 4.98 Å². The third-order valence-corrected chi connectivity index (χ3v) is 7.35. The fourth-order valence-electron chi connectivity index (χ4n) is 4.59. The van der Waals surface area contributed by atoms with Crippen LogP contribution in [0.3, 0.4) is 0 Å². The van der Waals surface area contributed by atoms with Crippen LogP contribution < -0.4 is 4.74 Å². The van der Waals surface area contributed by atoms with Crippen molar-refractivity contribution in [1.82, 2.24) is 4.98 Å². The number of para-hydroxylation sites is 1. The van der Waals surface area contributed by atoms with Crippen molar-refractivity contribution in [2.45, 2.75) is 24.8 Å². The topological polar surface area (TPSA) is 76.5 Å². The van der Waals surface area contributed by atoms with Crippen LogP contribution in [-0.4, -0.2) is 26.5 Å². The minimum atomic E-state index is -1.14. The van der Waals surface area contributed by atoms with E-state index in [1.165, 1.54) is 0 Å². The first-order valence-electron chi connectivity index (χ1n) is 11.6. The van der Waals surface area contributed by atoms with Crippen LogP contribution in [-0.2, 0) is 22.2 Å². The van der Waals surface area contributed by atoms with E-state index in [0.29, 0.717) is 12.4 Å². The number of aliphatic carboxylic acids is 1. The van der Waals surface area contributed by atoms with Gasteiger partial charge in [0, 0.05) is 16.5 Å². The molecule has 1 atom stereocenters. The zero-order valence-corrected chi connectivity index (χ0v) is 20.8. The van der Waals surface area contributed by atoms with Crippen LogP contribution in [0.5, 0.6) is 5.75 Å². The van der Waals surface area contributed by atoms with Gasteiger partial charge in [-0.05, 0) is 76.7 Å². The molecular weight excluding hydrogens is 470 g/mol. The van der Waals surface area contributed by atoms with E-state index in [9.17, 15) is 14.1 Å². The Morgan fingerprint density at radius 2 is 1.78 bits per heavy atom. The summed E-state index contributed by atoms with van der Waals surface area (Å²) in [6.07, 6.45) is 3.57. The Kier molecular flexibility index (Phi) is 6.53. The van der Waals surface area contributed by atoms with Gasteiger partial charge in [-0.15, -0.1) is 0 Å². The molecule has 1 aromatic heterocycles. The number of carboxylic acids is 1. The highest BCUT2D eigenvalue weighted by atomic mass is 32.2. The number of carbonyl (C=O) groups is 1. The van der Waals surface area contributed by atoms with Gasteiger partial charge < -0.3 is 9.84 Å². The van der Waals surface area contributed by atoms with Gasteiger partial charge in [-0.3, -0.25) is 9.00 Å². The Hall–Kier alpha value is -4.03. The molecule has 6 heteroatoms. The second-order valence-corrected chi connectivity index (χ2v) is 10.1. The van der Waals surface area contributed by atoms with Gasteiger partial charge in [-0.25, -0.2) is 4.98 Å². The predicted molar refractivity (Wildman–Crippen MR) is 144 cm³/mol. The fourth-order valence-corrected chi connectivity index (χ4v) is 5.32. The number of nitrogens with zero attached hydrogens (tertiary/aromatic N) is 1. The average Bonchev–Trinajstić information content (AvgIpc) is 3.12. The summed E-state index contributed by atoms with van der Waals surface area (Å²) in [5.41, 5.74) is 6.97. The number of ether oxygens (including phenoxy) is 1. The number of fused-ring (bicyclic) bond motifs is 2. The molecule has 0 fully saturated rings. The molecule has 5 nitrogen and oxygen atoms in total. The number of pyridine rings is 1. The van der Waals surface area contributed by atoms with Crippen LogP contribution in [0.25, 0.3) is 28.1 Å². The molecule has 0 aliphatic heterocycles. The number of hydrogen-bond donors (Lipinski definition) is 1. The number of rotatable bonds is 7. The Bertz CT molecular complexity index is 1590. The van der Waals surface area contributed by atoms with Crippen molar-refractivity contribution in [3.05, 3.63) is 107 Å². The molecule has 4 aromatic rings. The fraction of sp³-hybridized carbons (Fsp3) is 0.133. The summed E-state index contributed by atoms with van der Waals surface area (Å²) in [5.74, 6) is -0.242. The lowest BCUT2D eigenvalue weighted by molar-refractivity contribution is -0.135. The van der Waals surface area contributed by atoms with Crippen LogP contribution in [0.1, 0.15) is 35.7 Å². The van der Waals surface area contributed by atoms with Gasteiger partial charge in [0.15, 0.2) is 0 Å². The number of hydrogen-bond acceptors (Lipinski definition) is 4. The largest absolute Gasteiger partial charge is 0.487 e. The number of aromatic nitrogens is 1. The van der Waals surface area contributed by atoms with E-state index in [1.807, 2.05) is 91.9 Å². The Morgan fingerprint density at radius 3 is 2.58 bits per heavy atom. The van der Waals surface area contributed by atoms with Crippen molar-refractivity contribution in [1.29, 1.82) is 0 Å². The van der Waals surface area contributed by atoms with E-state index < -0.39 is 16.8 Å². The maximum atomic E-state index is 12.3. The number of allylic oxidation sites excluding steroid dienone is 2. The lowest BCUT2D eigenvalue weighted by Gasteiger charge is -2.11. The summed E-state index contributed by atoms with van der Waals surface area (Å²) in [5, 5.41) is 10.7. The smallest absolute Gasteiger partial charge is 0.307 e. The van der Waals surface area contributed by atoms with Gasteiger partial charge in [-0.2, -0.15) is 0 Å². The van der Waals surface area contributed by atoms with Crippen molar-refractivity contribution in [2.75, 3.05) is 6.26 Å². The molecule has 1 aliphatic rings. The number of carboxylic acid groups (broad SMARTS) is 1. The predicted octanol–water partition coefficient (Wildman–Crippen LogP) is 6.35. The third kappa shape index (κ3) is 4.72. The molecule has 180 valence electrons. The van der Waals surface area contributed by atoms with Crippen molar-refractivity contribution in [2.24, 2.45) is 0 Å². The molecule has 36 heavy (non-hydrogen) atoms. The summed E-state index contributed by atoms with van der Waals surface area (Å²) < 4.78 is 18.3. The first-order chi connectivity index (χ1) is 17.4. The van der Waals surface area contributed by atoms with Gasteiger partial charge in [0.1, 0.15) is 12.4 Å². The normalized spacial score (nSPS) is 14.8. The van der Waals surface area contributed by atoms with E-state index in [1.54, 1.807) is 6.26 Å². The molecule has 5 rings (SSSR count). The summed E-state index contributed by atoms with van der Waals surface area (Å²) in [6, 6.07) is 25.2. The van der Waals surface area contributed by atoms with E-state index in [-0.39, 0.29) is 6.42 Å². The first kappa shape index (κ1) is 23.7. The van der Waals surface area contributed by atoms with E-state index in [0.717, 1.165) is 54.9 Å². The summed E-state index contributed by atoms with van der Waals surface area (Å²) in [7, 11) is -1.14. The third-order valence-electron chi connectivity index (χ3n) is 6.36. The minimum absolute atomic E-state index is 0.0901. The van der Waals surface area contributed by atoms with Gasteiger partial charge in [0.25, 0.3) is 0 Å². The maximum Gasteiger partial charge on any atom is 0.307 e. The highest BCUT2D eigenvalue weighted by Crippen LogP contribution is 2.45. The van der Waals surface area contributed by atoms with Gasteiger partial charge >= 0.3 is 5.97 Å². The molecule has 0 saturated heterocycles. The van der Waals surface area contributed by atoms with E-state index >= 15 is 0 Å². The van der Waals surface area contributed by atoms with Gasteiger partial charge in [0.05, 0.1) is 28.4 Å². The molecule has 0 amide bonds. The zero-order valence-electron chi connectivity index (χ0n) is 20.0. The Morgan fingerprint density at radius 1 is 1.00 bits per heavy atom. The Labute approximate surface area is 212 Å². The molecule has 0 saturated carbocycles. The van der Waals surface area contributed by atoms with Crippen LogP contribution >= 0.6 is 0 Å².